The summed E-state index contributed by atoms with van der Waals surface area (Å²) in [5.74, 6) is 0.965. The molecule has 110 valence electrons. The first-order valence-electron chi connectivity index (χ1n) is 6.37. The molecule has 0 fully saturated rings. The zero-order valence-electron chi connectivity index (χ0n) is 11.6. The Kier molecular flexibility index (Phi) is 4.89. The van der Waals surface area contributed by atoms with Crippen molar-refractivity contribution >= 4 is 0 Å². The normalized spacial score (nSPS) is 14.3. The van der Waals surface area contributed by atoms with E-state index in [1.54, 1.807) is 25.7 Å². The molecule has 2 N–H and O–H groups in total. The van der Waals surface area contributed by atoms with Crippen LogP contribution in [0.2, 0.25) is 0 Å². The van der Waals surface area contributed by atoms with Gasteiger partial charge in [0.1, 0.15) is 6.26 Å². The van der Waals surface area contributed by atoms with Crippen molar-refractivity contribution in [2.75, 3.05) is 20.3 Å². The van der Waals surface area contributed by atoms with Gasteiger partial charge in [0.05, 0.1) is 25.0 Å². The number of methoxy groups -OCH3 is 1. The predicted molar refractivity (Wildman–Crippen MR) is 70.8 cm³/mol. The fourth-order valence-corrected chi connectivity index (χ4v) is 1.90. The molecule has 0 amide bonds. The van der Waals surface area contributed by atoms with Crippen molar-refractivity contribution in [3.8, 4) is 11.5 Å². The maximum absolute atomic E-state index is 9.10. The Morgan fingerprint density at radius 3 is 3.00 bits per heavy atom. The summed E-state index contributed by atoms with van der Waals surface area (Å²) >= 11 is 0. The number of hydrogen-bond donors (Lipinski definition) is 2. The van der Waals surface area contributed by atoms with Crippen molar-refractivity contribution < 1.29 is 18.8 Å². The van der Waals surface area contributed by atoms with Crippen molar-refractivity contribution in [3.63, 3.8) is 0 Å². The molecular weight excluding hydrogens is 262 g/mol. The quantitative estimate of drug-likeness (QED) is 0.751. The summed E-state index contributed by atoms with van der Waals surface area (Å²) in [6.07, 6.45) is 3.67. The highest BCUT2D eigenvalue weighted by molar-refractivity contribution is 5.49. The van der Waals surface area contributed by atoms with E-state index in [-0.39, 0.29) is 12.1 Å². The van der Waals surface area contributed by atoms with Crippen LogP contribution in [0.15, 0.2) is 27.5 Å². The van der Waals surface area contributed by atoms with Gasteiger partial charge in [0.25, 0.3) is 5.89 Å². The Bertz CT molecular complexity index is 503. The van der Waals surface area contributed by atoms with Crippen LogP contribution in [0.25, 0.3) is 11.5 Å². The van der Waals surface area contributed by atoms with Crippen LogP contribution in [0, 0.1) is 0 Å². The molecule has 1 atom stereocenters. The highest BCUT2D eigenvalue weighted by atomic mass is 16.5. The maximum atomic E-state index is 9.10. The Hall–Kier alpha value is -1.70. The Morgan fingerprint density at radius 2 is 2.35 bits per heavy atom. The standard InChI is InChI=1S/C13H19N3O4/c1-13(4-5-17,9-18-2)14-7-11-15-12(20-16-11)10-3-6-19-8-10/h3,6,8,14,17H,4-5,7,9H2,1-2H3. The van der Waals surface area contributed by atoms with Crippen molar-refractivity contribution in [1.82, 2.24) is 15.5 Å². The molecule has 20 heavy (non-hydrogen) atoms. The molecule has 0 saturated carbocycles. The Balaban J connectivity index is 1.96. The smallest absolute Gasteiger partial charge is 0.261 e. The van der Waals surface area contributed by atoms with E-state index in [1.807, 2.05) is 6.92 Å². The van der Waals surface area contributed by atoms with E-state index in [1.165, 1.54) is 0 Å². The first-order chi connectivity index (χ1) is 9.67. The van der Waals surface area contributed by atoms with Gasteiger partial charge in [0.15, 0.2) is 5.82 Å². The Labute approximate surface area is 116 Å². The molecule has 0 aliphatic heterocycles. The lowest BCUT2D eigenvalue weighted by atomic mass is 9.99. The number of nitrogens with zero attached hydrogens (tertiary/aromatic N) is 2. The third-order valence-electron chi connectivity index (χ3n) is 3.04. The minimum absolute atomic E-state index is 0.0827. The second kappa shape index (κ2) is 6.65. The number of nitrogens with one attached hydrogen (secondary N) is 1. The van der Waals surface area contributed by atoms with Gasteiger partial charge in [-0.05, 0) is 19.4 Å². The van der Waals surface area contributed by atoms with Crippen LogP contribution >= 0.6 is 0 Å². The van der Waals surface area contributed by atoms with Crippen molar-refractivity contribution in [3.05, 3.63) is 24.4 Å². The highest BCUT2D eigenvalue weighted by Gasteiger charge is 2.23. The average Bonchev–Trinajstić information content (AvgIpc) is 3.08. The molecule has 0 bridgehead atoms. The summed E-state index contributed by atoms with van der Waals surface area (Å²) in [7, 11) is 1.63. The summed E-state index contributed by atoms with van der Waals surface area (Å²) in [4.78, 5) is 4.27. The van der Waals surface area contributed by atoms with E-state index in [0.29, 0.717) is 31.3 Å². The van der Waals surface area contributed by atoms with E-state index in [4.69, 9.17) is 18.8 Å². The van der Waals surface area contributed by atoms with E-state index < -0.39 is 0 Å². The molecule has 0 spiro atoms. The van der Waals surface area contributed by atoms with Gasteiger partial charge >= 0.3 is 0 Å². The van der Waals surface area contributed by atoms with Crippen molar-refractivity contribution in [2.24, 2.45) is 0 Å². The Morgan fingerprint density at radius 1 is 1.50 bits per heavy atom. The lowest BCUT2D eigenvalue weighted by Crippen LogP contribution is -2.46. The summed E-state index contributed by atoms with van der Waals surface area (Å²) in [5, 5.41) is 16.3. The second-order valence-corrected chi connectivity index (χ2v) is 4.85. The summed E-state index contributed by atoms with van der Waals surface area (Å²) in [6.45, 7) is 2.98. The van der Waals surface area contributed by atoms with Gasteiger partial charge in [0, 0.05) is 19.3 Å². The molecule has 2 heterocycles. The topological polar surface area (TPSA) is 93.6 Å². The number of aliphatic hydroxyl groups is 1. The molecule has 0 radical (unpaired) electrons. The lowest BCUT2D eigenvalue weighted by molar-refractivity contribution is 0.0963. The predicted octanol–water partition coefficient (Wildman–Crippen LogP) is 1.21. The zero-order chi connectivity index (χ0) is 14.4. The first kappa shape index (κ1) is 14.7. The summed E-state index contributed by atoms with van der Waals surface area (Å²) in [5.41, 5.74) is 0.415. The maximum Gasteiger partial charge on any atom is 0.261 e. The average molecular weight is 281 g/mol. The molecule has 2 rings (SSSR count). The fourth-order valence-electron chi connectivity index (χ4n) is 1.90. The van der Waals surface area contributed by atoms with Crippen LogP contribution in [0.5, 0.6) is 0 Å². The molecule has 2 aromatic rings. The van der Waals surface area contributed by atoms with Gasteiger partial charge in [-0.1, -0.05) is 5.16 Å². The van der Waals surface area contributed by atoms with Crippen LogP contribution in [-0.4, -0.2) is 41.1 Å². The van der Waals surface area contributed by atoms with Gasteiger partial charge in [0.2, 0.25) is 0 Å². The SMILES string of the molecule is COCC(C)(CCO)NCc1noc(-c2ccoc2)n1. The van der Waals surface area contributed by atoms with Gasteiger partial charge < -0.3 is 24.1 Å². The fraction of sp³-hybridized carbons (Fsp3) is 0.538. The van der Waals surface area contributed by atoms with Gasteiger partial charge in [-0.25, -0.2) is 0 Å². The van der Waals surface area contributed by atoms with Crippen LogP contribution in [0.4, 0.5) is 0 Å². The minimum atomic E-state index is -0.333. The second-order valence-electron chi connectivity index (χ2n) is 4.85. The van der Waals surface area contributed by atoms with Gasteiger partial charge in [-0.2, -0.15) is 4.98 Å². The van der Waals surface area contributed by atoms with Crippen molar-refractivity contribution in [1.29, 1.82) is 0 Å². The molecule has 7 nitrogen and oxygen atoms in total. The number of hydrogen-bond acceptors (Lipinski definition) is 7. The third-order valence-corrected chi connectivity index (χ3v) is 3.04. The molecule has 0 aliphatic rings. The van der Waals surface area contributed by atoms with E-state index >= 15 is 0 Å². The van der Waals surface area contributed by atoms with Crippen LogP contribution < -0.4 is 5.32 Å². The van der Waals surface area contributed by atoms with Crippen LogP contribution in [0.3, 0.4) is 0 Å². The molecule has 2 aromatic heterocycles. The van der Waals surface area contributed by atoms with Gasteiger partial charge in [-0.15, -0.1) is 0 Å². The van der Waals surface area contributed by atoms with Crippen LogP contribution in [0.1, 0.15) is 19.2 Å². The number of rotatable bonds is 8. The van der Waals surface area contributed by atoms with E-state index in [2.05, 4.69) is 15.5 Å². The monoisotopic (exact) mass is 281 g/mol. The number of aliphatic hydroxyl groups excluding tert-OH is 1. The van der Waals surface area contributed by atoms with Crippen LogP contribution in [-0.2, 0) is 11.3 Å². The molecule has 7 heteroatoms. The van der Waals surface area contributed by atoms with E-state index in [9.17, 15) is 0 Å². The highest BCUT2D eigenvalue weighted by Crippen LogP contribution is 2.17. The molecule has 0 aromatic carbocycles. The zero-order valence-corrected chi connectivity index (χ0v) is 11.6. The van der Waals surface area contributed by atoms with Crippen molar-refractivity contribution in [2.45, 2.75) is 25.4 Å². The van der Waals surface area contributed by atoms with Gasteiger partial charge in [-0.3, -0.25) is 0 Å². The summed E-state index contributed by atoms with van der Waals surface area (Å²) in [6, 6.07) is 1.76. The number of furan rings is 1. The molecule has 0 aliphatic carbocycles. The summed E-state index contributed by atoms with van der Waals surface area (Å²) < 4.78 is 15.3. The molecule has 0 saturated heterocycles. The number of aromatic nitrogens is 2. The number of ether oxygens (including phenoxy) is 1. The first-order valence-corrected chi connectivity index (χ1v) is 6.37. The lowest BCUT2D eigenvalue weighted by Gasteiger charge is -2.28. The third kappa shape index (κ3) is 3.66. The minimum Gasteiger partial charge on any atom is -0.472 e. The molecular formula is C13H19N3O4. The largest absolute Gasteiger partial charge is 0.472 e. The molecule has 1 unspecified atom stereocenters. The van der Waals surface area contributed by atoms with E-state index in [0.717, 1.165) is 5.56 Å².